The highest BCUT2D eigenvalue weighted by Gasteiger charge is 2.55. The molecule has 0 aliphatic carbocycles. The van der Waals surface area contributed by atoms with E-state index < -0.39 is 0 Å². The minimum absolute atomic E-state index is 0.0317. The molecule has 3 aliphatic rings. The number of amides is 3. The van der Waals surface area contributed by atoms with Crippen LogP contribution >= 0.6 is 11.8 Å². The van der Waals surface area contributed by atoms with Crippen LogP contribution in [0.15, 0.2) is 17.4 Å². The van der Waals surface area contributed by atoms with E-state index in [1.165, 1.54) is 11.1 Å². The number of aromatic nitrogens is 4. The van der Waals surface area contributed by atoms with E-state index in [0.717, 1.165) is 17.9 Å². The van der Waals surface area contributed by atoms with Crippen LogP contribution in [0.1, 0.15) is 20.3 Å². The molecule has 11 nitrogen and oxygen atoms in total. The number of tetrazole rings is 1. The van der Waals surface area contributed by atoms with Crippen molar-refractivity contribution in [2.75, 3.05) is 20.6 Å². The van der Waals surface area contributed by atoms with Crippen LogP contribution in [-0.4, -0.2) is 91.7 Å². The zero-order chi connectivity index (χ0) is 22.3. The normalized spacial score (nSPS) is 30.5. The maximum atomic E-state index is 12.7. The first-order valence-electron chi connectivity index (χ1n) is 10.4. The van der Waals surface area contributed by atoms with Gasteiger partial charge in [-0.3, -0.25) is 14.4 Å². The summed E-state index contributed by atoms with van der Waals surface area (Å²) in [6.45, 7) is 4.73. The average molecular weight is 449 g/mol. The molecule has 2 fully saturated rings. The first kappa shape index (κ1) is 21.8. The number of thioether (sulfide) groups is 1. The monoisotopic (exact) mass is 448 g/mol. The summed E-state index contributed by atoms with van der Waals surface area (Å²) in [5, 5.41) is 17.6. The molecule has 0 aromatic carbocycles. The molecule has 1 aromatic rings. The molecule has 0 saturated carbocycles. The van der Waals surface area contributed by atoms with Gasteiger partial charge in [0.25, 0.3) is 0 Å². The van der Waals surface area contributed by atoms with Crippen LogP contribution in [0.5, 0.6) is 0 Å². The lowest BCUT2D eigenvalue weighted by Crippen LogP contribution is -2.64. The summed E-state index contributed by atoms with van der Waals surface area (Å²) in [7, 11) is 3.54. The molecule has 12 heteroatoms. The highest BCUT2D eigenvalue weighted by atomic mass is 32.2. The first-order valence-corrected chi connectivity index (χ1v) is 11.3. The summed E-state index contributed by atoms with van der Waals surface area (Å²) in [5.41, 5.74) is 0. The van der Waals surface area contributed by atoms with Crippen molar-refractivity contribution in [1.82, 2.24) is 40.6 Å². The van der Waals surface area contributed by atoms with Gasteiger partial charge in [0.05, 0.1) is 18.0 Å². The van der Waals surface area contributed by atoms with Gasteiger partial charge < -0.3 is 20.4 Å². The molecule has 0 bridgehead atoms. The Morgan fingerprint density at radius 2 is 2.19 bits per heavy atom. The van der Waals surface area contributed by atoms with Crippen molar-refractivity contribution in [2.45, 2.75) is 50.2 Å². The SMILES string of the molecule is C[C@@H](NC(=O)Cn1ncnn1)[C@H]1C(=O)N2C=C(S[C@@H]3CN[C@H](C(=O)N(C)C)C3)[C@H](C)[C@H]12. The third-order valence-corrected chi connectivity index (χ3v) is 7.63. The first-order chi connectivity index (χ1) is 14.8. The molecule has 6 atom stereocenters. The Morgan fingerprint density at radius 1 is 1.42 bits per heavy atom. The topological polar surface area (TPSA) is 125 Å². The lowest BCUT2D eigenvalue weighted by atomic mass is 9.78. The van der Waals surface area contributed by atoms with Crippen LogP contribution in [0.2, 0.25) is 0 Å². The largest absolute Gasteiger partial charge is 0.351 e. The fraction of sp³-hybridized carbons (Fsp3) is 0.684. The van der Waals surface area contributed by atoms with E-state index in [4.69, 9.17) is 0 Å². The second-order valence-electron chi connectivity index (χ2n) is 8.57. The lowest BCUT2D eigenvalue weighted by Gasteiger charge is -2.46. The molecule has 3 aliphatic heterocycles. The van der Waals surface area contributed by atoms with Crippen molar-refractivity contribution in [3.63, 3.8) is 0 Å². The number of hydrogen-bond donors (Lipinski definition) is 2. The highest BCUT2D eigenvalue weighted by Crippen LogP contribution is 2.48. The van der Waals surface area contributed by atoms with E-state index in [-0.39, 0.29) is 54.2 Å². The van der Waals surface area contributed by atoms with Gasteiger partial charge in [-0.05, 0) is 18.6 Å². The Bertz CT molecular complexity index is 889. The van der Waals surface area contributed by atoms with Crippen LogP contribution in [-0.2, 0) is 20.9 Å². The highest BCUT2D eigenvalue weighted by molar-refractivity contribution is 8.03. The third kappa shape index (κ3) is 4.18. The molecule has 0 unspecified atom stereocenters. The zero-order valence-corrected chi connectivity index (χ0v) is 18.9. The fourth-order valence-corrected chi connectivity index (χ4v) is 5.97. The van der Waals surface area contributed by atoms with Crippen molar-refractivity contribution in [3.05, 3.63) is 17.4 Å². The Labute approximate surface area is 185 Å². The molecule has 4 rings (SSSR count). The lowest BCUT2D eigenvalue weighted by molar-refractivity contribution is -0.153. The van der Waals surface area contributed by atoms with Crippen molar-refractivity contribution >= 4 is 29.5 Å². The summed E-state index contributed by atoms with van der Waals surface area (Å²) >= 11 is 1.76. The molecule has 0 spiro atoms. The van der Waals surface area contributed by atoms with Gasteiger partial charge in [-0.15, -0.1) is 22.0 Å². The Kier molecular flexibility index (Phi) is 6.02. The molecule has 168 valence electrons. The van der Waals surface area contributed by atoms with Crippen molar-refractivity contribution in [1.29, 1.82) is 0 Å². The Morgan fingerprint density at radius 3 is 2.87 bits per heavy atom. The maximum absolute atomic E-state index is 12.7. The standard InChI is InChI=1S/C19H28N8O3S/c1-10-14(31-12-5-13(20-6-12)18(29)25(3)4)7-26-17(10)16(19(26)30)11(2)23-15(28)8-27-22-9-21-24-27/h7,9-13,16-17,20H,5-6,8H2,1-4H3,(H,23,28)/t10-,11+,12-,13-,16+,17+/m0/s1. The quantitative estimate of drug-likeness (QED) is 0.512. The Hall–Kier alpha value is -2.47. The van der Waals surface area contributed by atoms with E-state index in [9.17, 15) is 14.4 Å². The molecule has 2 N–H and O–H groups in total. The summed E-state index contributed by atoms with van der Waals surface area (Å²) in [6, 6.07) is -0.394. The number of likely N-dealkylation sites (N-methyl/N-ethyl adjacent to an activating group) is 1. The van der Waals surface area contributed by atoms with E-state index >= 15 is 0 Å². The maximum Gasteiger partial charge on any atom is 0.243 e. The molecular formula is C19H28N8O3S. The van der Waals surface area contributed by atoms with Gasteiger partial charge in [-0.1, -0.05) is 6.92 Å². The van der Waals surface area contributed by atoms with Gasteiger partial charge in [0.2, 0.25) is 17.7 Å². The second kappa shape index (κ2) is 8.58. The van der Waals surface area contributed by atoms with Gasteiger partial charge in [0.1, 0.15) is 6.54 Å². The van der Waals surface area contributed by atoms with Gasteiger partial charge >= 0.3 is 0 Å². The minimum atomic E-state index is -0.291. The van der Waals surface area contributed by atoms with Crippen molar-refractivity contribution < 1.29 is 14.4 Å². The molecule has 31 heavy (non-hydrogen) atoms. The number of β-lactam (4-membered cyclic amide) rings is 1. The average Bonchev–Trinajstić information content (AvgIpc) is 3.43. The summed E-state index contributed by atoms with van der Waals surface area (Å²) in [5.74, 6) is -0.196. The number of carbonyl (C=O) groups excluding carboxylic acids is 3. The van der Waals surface area contributed by atoms with Gasteiger partial charge in [-0.2, -0.15) is 4.80 Å². The molecule has 1 aromatic heterocycles. The van der Waals surface area contributed by atoms with E-state index in [1.54, 1.807) is 35.7 Å². The van der Waals surface area contributed by atoms with Crippen LogP contribution in [0.25, 0.3) is 0 Å². The molecular weight excluding hydrogens is 420 g/mol. The Balaban J connectivity index is 1.32. The van der Waals surface area contributed by atoms with Crippen molar-refractivity contribution in [3.8, 4) is 0 Å². The van der Waals surface area contributed by atoms with Crippen LogP contribution in [0, 0.1) is 11.8 Å². The molecule has 0 radical (unpaired) electrons. The predicted octanol–water partition coefficient (Wildman–Crippen LogP) is -0.952. The predicted molar refractivity (Wildman–Crippen MR) is 113 cm³/mol. The minimum Gasteiger partial charge on any atom is -0.351 e. The number of hydrogen-bond acceptors (Lipinski definition) is 8. The second-order valence-corrected chi connectivity index (χ2v) is 9.95. The zero-order valence-electron chi connectivity index (χ0n) is 18.1. The number of rotatable bonds is 7. The summed E-state index contributed by atoms with van der Waals surface area (Å²) < 4.78 is 0. The number of nitrogens with zero attached hydrogens (tertiary/aromatic N) is 6. The molecule has 2 saturated heterocycles. The van der Waals surface area contributed by atoms with Crippen molar-refractivity contribution in [2.24, 2.45) is 11.8 Å². The number of fused-ring (bicyclic) bond motifs is 1. The van der Waals surface area contributed by atoms with Crippen LogP contribution < -0.4 is 10.6 Å². The van der Waals surface area contributed by atoms with Gasteiger partial charge in [-0.25, -0.2) is 0 Å². The smallest absolute Gasteiger partial charge is 0.243 e. The van der Waals surface area contributed by atoms with Gasteiger partial charge in [0, 0.05) is 49.0 Å². The van der Waals surface area contributed by atoms with E-state index in [0.29, 0.717) is 5.25 Å². The molecule has 4 heterocycles. The number of nitrogens with one attached hydrogen (secondary N) is 2. The third-order valence-electron chi connectivity index (χ3n) is 6.19. The van der Waals surface area contributed by atoms with E-state index in [2.05, 4.69) is 33.0 Å². The molecule has 3 amide bonds. The fourth-order valence-electron chi connectivity index (χ4n) is 4.59. The summed E-state index contributed by atoms with van der Waals surface area (Å²) in [4.78, 5) is 43.0. The van der Waals surface area contributed by atoms with E-state index in [1.807, 2.05) is 13.1 Å². The van der Waals surface area contributed by atoms with Gasteiger partial charge in [0.15, 0.2) is 6.33 Å². The number of carbonyl (C=O) groups is 3. The van der Waals surface area contributed by atoms with Crippen LogP contribution in [0.3, 0.4) is 0 Å². The van der Waals surface area contributed by atoms with Crippen LogP contribution in [0.4, 0.5) is 0 Å². The summed E-state index contributed by atoms with van der Waals surface area (Å²) in [6.07, 6.45) is 4.00.